The van der Waals surface area contributed by atoms with E-state index >= 15 is 0 Å². The minimum absolute atomic E-state index is 0.177. The van der Waals surface area contributed by atoms with E-state index in [1.165, 1.54) is 6.07 Å². The van der Waals surface area contributed by atoms with Gasteiger partial charge in [-0.15, -0.1) is 21.8 Å². The first-order valence-corrected chi connectivity index (χ1v) is 7.11. The molecule has 0 atom stereocenters. The van der Waals surface area contributed by atoms with E-state index in [1.807, 2.05) is 30.3 Å². The monoisotopic (exact) mass is 301 g/mol. The number of halogens is 2. The van der Waals surface area contributed by atoms with Crippen LogP contribution < -0.4 is 0 Å². The average Bonchev–Trinajstić information content (AvgIpc) is 2.91. The van der Waals surface area contributed by atoms with Crippen LogP contribution in [0.25, 0.3) is 5.69 Å². The lowest BCUT2D eigenvalue weighted by molar-refractivity contribution is 0.613. The largest absolute Gasteiger partial charge is 0.279 e. The van der Waals surface area contributed by atoms with E-state index in [0.29, 0.717) is 23.8 Å². The molecule has 3 aromatic rings. The van der Waals surface area contributed by atoms with E-state index in [2.05, 4.69) is 10.2 Å². The highest BCUT2D eigenvalue weighted by molar-refractivity contribution is 6.16. The molecule has 0 aliphatic heterocycles. The molecule has 5 heteroatoms. The summed E-state index contributed by atoms with van der Waals surface area (Å²) >= 11 is 5.90. The van der Waals surface area contributed by atoms with Gasteiger partial charge in [-0.05, 0) is 17.7 Å². The summed E-state index contributed by atoms with van der Waals surface area (Å²) in [6.45, 7) is 0. The van der Waals surface area contributed by atoms with Crippen LogP contribution in [0.2, 0.25) is 0 Å². The predicted octanol–water partition coefficient (Wildman–Crippen LogP) is 3.74. The van der Waals surface area contributed by atoms with Crippen LogP contribution in [0.4, 0.5) is 4.39 Å². The zero-order valence-electron chi connectivity index (χ0n) is 11.2. The Morgan fingerprint density at radius 1 is 0.905 bits per heavy atom. The van der Waals surface area contributed by atoms with Gasteiger partial charge in [0.15, 0.2) is 5.82 Å². The van der Waals surface area contributed by atoms with Crippen molar-refractivity contribution >= 4 is 11.6 Å². The number of rotatable bonds is 4. The van der Waals surface area contributed by atoms with Crippen molar-refractivity contribution in [2.45, 2.75) is 12.3 Å². The molecule has 0 N–H and O–H groups in total. The molecule has 0 saturated carbocycles. The minimum atomic E-state index is -0.321. The fraction of sp³-hybridized carbons (Fsp3) is 0.125. The van der Waals surface area contributed by atoms with Gasteiger partial charge in [-0.2, -0.15) is 0 Å². The second-order valence-electron chi connectivity index (χ2n) is 4.62. The summed E-state index contributed by atoms with van der Waals surface area (Å²) in [5, 5.41) is 8.22. The molecule has 0 radical (unpaired) electrons. The highest BCUT2D eigenvalue weighted by atomic mass is 35.5. The summed E-state index contributed by atoms with van der Waals surface area (Å²) in [5.41, 5.74) is 1.51. The summed E-state index contributed by atoms with van der Waals surface area (Å²) in [4.78, 5) is 0. The topological polar surface area (TPSA) is 30.7 Å². The normalized spacial score (nSPS) is 10.8. The minimum Gasteiger partial charge on any atom is -0.279 e. The van der Waals surface area contributed by atoms with Crippen LogP contribution >= 0.6 is 11.6 Å². The highest BCUT2D eigenvalue weighted by Crippen LogP contribution is 2.19. The fourth-order valence-electron chi connectivity index (χ4n) is 2.24. The van der Waals surface area contributed by atoms with E-state index in [9.17, 15) is 4.39 Å². The molecular weight excluding hydrogens is 289 g/mol. The smallest absolute Gasteiger partial charge is 0.152 e. The van der Waals surface area contributed by atoms with Crippen molar-refractivity contribution in [1.29, 1.82) is 0 Å². The highest BCUT2D eigenvalue weighted by Gasteiger charge is 2.16. The number of hydrogen-bond donors (Lipinski definition) is 0. The molecule has 0 amide bonds. The summed E-state index contributed by atoms with van der Waals surface area (Å²) in [5.74, 6) is 1.06. The Balaban J connectivity index is 2.07. The lowest BCUT2D eigenvalue weighted by atomic mass is 10.1. The predicted molar refractivity (Wildman–Crippen MR) is 80.1 cm³/mol. The molecule has 0 aliphatic rings. The fourth-order valence-corrected chi connectivity index (χ4v) is 2.42. The van der Waals surface area contributed by atoms with Gasteiger partial charge in [0, 0.05) is 6.42 Å². The van der Waals surface area contributed by atoms with Crippen molar-refractivity contribution in [1.82, 2.24) is 14.8 Å². The van der Waals surface area contributed by atoms with Crippen LogP contribution in [0.3, 0.4) is 0 Å². The van der Waals surface area contributed by atoms with Crippen LogP contribution in [0.15, 0.2) is 54.6 Å². The lowest BCUT2D eigenvalue weighted by Gasteiger charge is -2.10. The molecule has 0 fully saturated rings. The van der Waals surface area contributed by atoms with Crippen LogP contribution in [0.1, 0.15) is 17.2 Å². The van der Waals surface area contributed by atoms with Crippen molar-refractivity contribution in [2.75, 3.05) is 0 Å². The van der Waals surface area contributed by atoms with Crippen molar-refractivity contribution < 1.29 is 4.39 Å². The van der Waals surface area contributed by atoms with Gasteiger partial charge >= 0.3 is 0 Å². The Morgan fingerprint density at radius 3 is 2.29 bits per heavy atom. The van der Waals surface area contributed by atoms with Gasteiger partial charge in [0.1, 0.15) is 11.6 Å². The molecule has 3 nitrogen and oxygen atoms in total. The van der Waals surface area contributed by atoms with Crippen LogP contribution in [-0.4, -0.2) is 14.8 Å². The van der Waals surface area contributed by atoms with E-state index in [0.717, 1.165) is 5.56 Å². The van der Waals surface area contributed by atoms with Crippen LogP contribution in [0.5, 0.6) is 0 Å². The maximum Gasteiger partial charge on any atom is 0.152 e. The first kappa shape index (κ1) is 13.8. The number of alkyl halides is 1. The summed E-state index contributed by atoms with van der Waals surface area (Å²) in [6, 6.07) is 16.4. The van der Waals surface area contributed by atoms with Gasteiger partial charge in [-0.1, -0.05) is 42.5 Å². The molecule has 1 heterocycles. The van der Waals surface area contributed by atoms with Crippen molar-refractivity contribution in [2.24, 2.45) is 0 Å². The molecule has 1 aromatic heterocycles. The molecule has 0 saturated heterocycles. The second-order valence-corrected chi connectivity index (χ2v) is 4.88. The standard InChI is InChI=1S/C16H13ClFN3/c17-11-16-20-19-15(10-12-6-2-1-3-7-12)21(16)14-9-5-4-8-13(14)18/h1-9H,10-11H2. The molecule has 106 valence electrons. The van der Waals surface area contributed by atoms with E-state index < -0.39 is 0 Å². The van der Waals surface area contributed by atoms with E-state index in [-0.39, 0.29) is 11.7 Å². The van der Waals surface area contributed by atoms with Gasteiger partial charge in [0.25, 0.3) is 0 Å². The quantitative estimate of drug-likeness (QED) is 0.687. The molecular formula is C16H13ClFN3. The van der Waals surface area contributed by atoms with Gasteiger partial charge < -0.3 is 0 Å². The van der Waals surface area contributed by atoms with Crippen molar-refractivity contribution in [3.8, 4) is 5.69 Å². The molecule has 0 spiro atoms. The molecule has 2 aromatic carbocycles. The maximum absolute atomic E-state index is 14.1. The summed E-state index contributed by atoms with van der Waals surface area (Å²) in [7, 11) is 0. The summed E-state index contributed by atoms with van der Waals surface area (Å²) in [6.07, 6.45) is 0.569. The zero-order chi connectivity index (χ0) is 14.7. The Labute approximate surface area is 127 Å². The van der Waals surface area contributed by atoms with E-state index in [4.69, 9.17) is 11.6 Å². The number of hydrogen-bond acceptors (Lipinski definition) is 2. The van der Waals surface area contributed by atoms with Crippen LogP contribution in [0, 0.1) is 5.82 Å². The van der Waals surface area contributed by atoms with Gasteiger partial charge in [0.2, 0.25) is 0 Å². The number of para-hydroxylation sites is 1. The molecule has 0 bridgehead atoms. The number of benzene rings is 2. The average molecular weight is 302 g/mol. The first-order valence-electron chi connectivity index (χ1n) is 6.57. The van der Waals surface area contributed by atoms with Gasteiger partial charge in [0.05, 0.1) is 11.6 Å². The first-order chi connectivity index (χ1) is 10.3. The Kier molecular flexibility index (Phi) is 3.97. The van der Waals surface area contributed by atoms with E-state index in [1.54, 1.807) is 22.8 Å². The maximum atomic E-state index is 14.1. The van der Waals surface area contributed by atoms with Crippen molar-refractivity contribution in [3.05, 3.63) is 77.6 Å². The Bertz CT molecular complexity index is 740. The zero-order valence-corrected chi connectivity index (χ0v) is 12.0. The lowest BCUT2D eigenvalue weighted by Crippen LogP contribution is -2.07. The Hall–Kier alpha value is -2.20. The van der Waals surface area contributed by atoms with Gasteiger partial charge in [-0.25, -0.2) is 4.39 Å². The van der Waals surface area contributed by atoms with Crippen molar-refractivity contribution in [3.63, 3.8) is 0 Å². The summed E-state index contributed by atoms with van der Waals surface area (Å²) < 4.78 is 15.8. The SMILES string of the molecule is Fc1ccccc1-n1c(CCl)nnc1Cc1ccccc1. The molecule has 21 heavy (non-hydrogen) atoms. The third kappa shape index (κ3) is 2.81. The Morgan fingerprint density at radius 2 is 1.57 bits per heavy atom. The van der Waals surface area contributed by atoms with Crippen LogP contribution in [-0.2, 0) is 12.3 Å². The third-order valence-electron chi connectivity index (χ3n) is 3.22. The molecule has 0 aliphatic carbocycles. The second kappa shape index (κ2) is 6.06. The number of nitrogens with zero attached hydrogens (tertiary/aromatic N) is 3. The number of aromatic nitrogens is 3. The third-order valence-corrected chi connectivity index (χ3v) is 3.45. The van der Waals surface area contributed by atoms with Gasteiger partial charge in [-0.3, -0.25) is 4.57 Å². The molecule has 0 unspecified atom stereocenters. The molecule has 3 rings (SSSR count).